The third-order valence-corrected chi connectivity index (χ3v) is 1.92. The Bertz CT molecular complexity index is 420. The fourth-order valence-electron chi connectivity index (χ4n) is 1.06. The van der Waals surface area contributed by atoms with Crippen LogP contribution in [0.2, 0.25) is 0 Å². The van der Waals surface area contributed by atoms with E-state index in [1.807, 2.05) is 0 Å². The lowest BCUT2D eigenvalue weighted by molar-refractivity contribution is -0.132. The summed E-state index contributed by atoms with van der Waals surface area (Å²) in [4.78, 5) is 24.9. The molecule has 0 spiro atoms. The summed E-state index contributed by atoms with van der Waals surface area (Å²) >= 11 is 0. The number of aromatic carboxylic acids is 1. The van der Waals surface area contributed by atoms with E-state index in [1.165, 1.54) is 6.07 Å². The molecule has 0 saturated heterocycles. The standard InChI is InChI=1S/C9H10N2O5/c10-8(14)7(13)6(12)5-3-4(9(15)16)1-2-11-5/h1-3,6-7,12-13H,(H2,10,14)(H,15,16). The Morgan fingerprint density at radius 3 is 2.50 bits per heavy atom. The smallest absolute Gasteiger partial charge is 0.335 e. The van der Waals surface area contributed by atoms with Crippen molar-refractivity contribution in [3.8, 4) is 0 Å². The van der Waals surface area contributed by atoms with Crippen molar-refractivity contribution in [3.05, 3.63) is 29.6 Å². The molecule has 1 aromatic heterocycles. The van der Waals surface area contributed by atoms with Crippen molar-refractivity contribution in [1.29, 1.82) is 0 Å². The fourth-order valence-corrected chi connectivity index (χ4v) is 1.06. The number of nitrogens with zero attached hydrogens (tertiary/aromatic N) is 1. The molecule has 0 bridgehead atoms. The number of nitrogens with two attached hydrogens (primary N) is 1. The summed E-state index contributed by atoms with van der Waals surface area (Å²) in [6, 6.07) is 2.27. The molecule has 0 fully saturated rings. The number of hydrogen-bond acceptors (Lipinski definition) is 5. The normalized spacial score (nSPS) is 14.1. The highest BCUT2D eigenvalue weighted by Gasteiger charge is 2.25. The molecule has 0 aliphatic rings. The van der Waals surface area contributed by atoms with Crippen LogP contribution in [0.3, 0.4) is 0 Å². The zero-order valence-electron chi connectivity index (χ0n) is 8.07. The van der Waals surface area contributed by atoms with Crippen LogP contribution in [0.15, 0.2) is 18.3 Å². The van der Waals surface area contributed by atoms with E-state index in [0.717, 1.165) is 12.3 Å². The van der Waals surface area contributed by atoms with E-state index in [-0.39, 0.29) is 11.3 Å². The zero-order valence-corrected chi connectivity index (χ0v) is 8.07. The molecular weight excluding hydrogens is 216 g/mol. The van der Waals surface area contributed by atoms with Crippen LogP contribution in [0.4, 0.5) is 0 Å². The van der Waals surface area contributed by atoms with Crippen LogP contribution < -0.4 is 5.73 Å². The van der Waals surface area contributed by atoms with E-state index in [2.05, 4.69) is 4.98 Å². The Morgan fingerprint density at radius 1 is 1.38 bits per heavy atom. The number of pyridine rings is 1. The molecule has 1 heterocycles. The first-order valence-corrected chi connectivity index (χ1v) is 4.28. The predicted octanol–water partition coefficient (Wildman–Crippen LogP) is -1.34. The van der Waals surface area contributed by atoms with Crippen molar-refractivity contribution in [2.24, 2.45) is 5.73 Å². The molecule has 1 amide bonds. The Hall–Kier alpha value is -1.99. The number of carbonyl (C=O) groups excluding carboxylic acids is 1. The molecule has 1 rings (SSSR count). The molecule has 2 unspecified atom stereocenters. The maximum atomic E-state index is 10.6. The number of carbonyl (C=O) groups is 2. The van der Waals surface area contributed by atoms with Gasteiger partial charge in [0.25, 0.3) is 0 Å². The summed E-state index contributed by atoms with van der Waals surface area (Å²) in [5, 5.41) is 27.3. The van der Waals surface area contributed by atoms with Crippen molar-refractivity contribution in [2.75, 3.05) is 0 Å². The van der Waals surface area contributed by atoms with Crippen LogP contribution >= 0.6 is 0 Å². The second-order valence-electron chi connectivity index (χ2n) is 3.07. The van der Waals surface area contributed by atoms with Crippen molar-refractivity contribution in [1.82, 2.24) is 4.98 Å². The van der Waals surface area contributed by atoms with Crippen molar-refractivity contribution >= 4 is 11.9 Å². The topological polar surface area (TPSA) is 134 Å². The van der Waals surface area contributed by atoms with Gasteiger partial charge in [0.05, 0.1) is 11.3 Å². The van der Waals surface area contributed by atoms with Crippen molar-refractivity contribution < 1.29 is 24.9 Å². The van der Waals surface area contributed by atoms with E-state index in [4.69, 9.17) is 15.9 Å². The molecule has 0 saturated carbocycles. The quantitative estimate of drug-likeness (QED) is 0.502. The molecule has 1 aromatic rings. The third-order valence-electron chi connectivity index (χ3n) is 1.92. The first kappa shape index (κ1) is 12.1. The van der Waals surface area contributed by atoms with Crippen LogP contribution in [0.25, 0.3) is 0 Å². The number of aliphatic hydroxyl groups excluding tert-OH is 2. The Balaban J connectivity index is 3.00. The summed E-state index contributed by atoms with van der Waals surface area (Å²) in [5.74, 6) is -2.32. The Kier molecular flexibility index (Phi) is 3.54. The number of aromatic nitrogens is 1. The predicted molar refractivity (Wildman–Crippen MR) is 51.4 cm³/mol. The first-order valence-electron chi connectivity index (χ1n) is 4.28. The molecule has 2 atom stereocenters. The van der Waals surface area contributed by atoms with Crippen molar-refractivity contribution in [2.45, 2.75) is 12.2 Å². The molecule has 16 heavy (non-hydrogen) atoms. The highest BCUT2D eigenvalue weighted by Crippen LogP contribution is 2.15. The van der Waals surface area contributed by atoms with Crippen LogP contribution in [-0.4, -0.2) is 38.3 Å². The SMILES string of the molecule is NC(=O)C(O)C(O)c1cc(C(=O)O)ccn1. The highest BCUT2D eigenvalue weighted by atomic mass is 16.4. The lowest BCUT2D eigenvalue weighted by atomic mass is 10.1. The van der Waals surface area contributed by atoms with Gasteiger partial charge in [-0.25, -0.2) is 4.79 Å². The van der Waals surface area contributed by atoms with Gasteiger partial charge in [-0.05, 0) is 12.1 Å². The van der Waals surface area contributed by atoms with Gasteiger partial charge in [0.2, 0.25) is 5.91 Å². The third kappa shape index (κ3) is 2.53. The molecule has 7 nitrogen and oxygen atoms in total. The molecule has 0 aromatic carbocycles. The molecule has 0 aliphatic heterocycles. The second kappa shape index (κ2) is 4.69. The summed E-state index contributed by atoms with van der Waals surface area (Å²) in [7, 11) is 0. The average Bonchev–Trinajstić information content (AvgIpc) is 2.27. The van der Waals surface area contributed by atoms with Crippen LogP contribution in [0.5, 0.6) is 0 Å². The highest BCUT2D eigenvalue weighted by molar-refractivity contribution is 5.87. The number of hydrogen-bond donors (Lipinski definition) is 4. The minimum Gasteiger partial charge on any atom is -0.478 e. The molecule has 0 radical (unpaired) electrons. The van der Waals surface area contributed by atoms with Crippen LogP contribution in [0, 0.1) is 0 Å². The van der Waals surface area contributed by atoms with Gasteiger partial charge in [0.1, 0.15) is 6.10 Å². The fraction of sp³-hybridized carbons (Fsp3) is 0.222. The zero-order chi connectivity index (χ0) is 12.3. The Labute approximate surface area is 90.2 Å². The lowest BCUT2D eigenvalue weighted by Gasteiger charge is -2.14. The van der Waals surface area contributed by atoms with E-state index >= 15 is 0 Å². The van der Waals surface area contributed by atoms with Crippen molar-refractivity contribution in [3.63, 3.8) is 0 Å². The van der Waals surface area contributed by atoms with Gasteiger partial charge in [-0.3, -0.25) is 9.78 Å². The van der Waals surface area contributed by atoms with Crippen LogP contribution in [0.1, 0.15) is 22.2 Å². The summed E-state index contributed by atoms with van der Waals surface area (Å²) < 4.78 is 0. The number of aliphatic hydroxyl groups is 2. The number of carboxylic acid groups (broad SMARTS) is 1. The van der Waals surface area contributed by atoms with Gasteiger partial charge in [-0.1, -0.05) is 0 Å². The Morgan fingerprint density at radius 2 is 2.00 bits per heavy atom. The number of carboxylic acids is 1. The van der Waals surface area contributed by atoms with Gasteiger partial charge in [-0.15, -0.1) is 0 Å². The van der Waals surface area contributed by atoms with Gasteiger partial charge in [0, 0.05) is 6.20 Å². The molecule has 5 N–H and O–H groups in total. The maximum Gasteiger partial charge on any atom is 0.335 e. The lowest BCUT2D eigenvalue weighted by Crippen LogP contribution is -2.34. The van der Waals surface area contributed by atoms with Gasteiger partial charge in [-0.2, -0.15) is 0 Å². The van der Waals surface area contributed by atoms with E-state index in [1.54, 1.807) is 0 Å². The minimum absolute atomic E-state index is 0.110. The van der Waals surface area contributed by atoms with Crippen LogP contribution in [-0.2, 0) is 4.79 Å². The molecule has 0 aliphatic carbocycles. The average molecular weight is 226 g/mol. The summed E-state index contributed by atoms with van der Waals surface area (Å²) in [5.41, 5.74) is 4.54. The number of amides is 1. The maximum absolute atomic E-state index is 10.6. The number of rotatable bonds is 4. The molecule has 7 heteroatoms. The summed E-state index contributed by atoms with van der Waals surface area (Å²) in [6.45, 7) is 0. The van der Waals surface area contributed by atoms with E-state index in [9.17, 15) is 14.7 Å². The monoisotopic (exact) mass is 226 g/mol. The van der Waals surface area contributed by atoms with Gasteiger partial charge >= 0.3 is 5.97 Å². The molecule has 86 valence electrons. The van der Waals surface area contributed by atoms with E-state index in [0.29, 0.717) is 0 Å². The van der Waals surface area contributed by atoms with Gasteiger partial charge in [0.15, 0.2) is 6.10 Å². The largest absolute Gasteiger partial charge is 0.478 e. The van der Waals surface area contributed by atoms with Gasteiger partial charge < -0.3 is 21.1 Å². The van der Waals surface area contributed by atoms with E-state index < -0.39 is 24.1 Å². The second-order valence-corrected chi connectivity index (χ2v) is 3.07. The first-order chi connectivity index (χ1) is 7.43. The number of primary amides is 1. The minimum atomic E-state index is -1.82. The summed E-state index contributed by atoms with van der Waals surface area (Å²) in [6.07, 6.45) is -2.32. The molecular formula is C9H10N2O5.